The monoisotopic (exact) mass is 393 g/mol. The maximum Gasteiger partial charge on any atom is 0.347 e. The molecule has 2 aliphatic rings. The van der Waals surface area contributed by atoms with Crippen LogP contribution in [0.15, 0.2) is 23.1 Å². The molecule has 1 saturated heterocycles. The summed E-state index contributed by atoms with van der Waals surface area (Å²) in [5.41, 5.74) is 0.208. The highest BCUT2D eigenvalue weighted by Gasteiger charge is 2.40. The fourth-order valence-corrected chi connectivity index (χ4v) is 3.76. The molecule has 2 aromatic heterocycles. The molecular weight excluding hydrogens is 372 g/mol. The number of ether oxygens (including phenoxy) is 1. The highest BCUT2D eigenvalue weighted by molar-refractivity contribution is 5.81. The summed E-state index contributed by atoms with van der Waals surface area (Å²) in [6.45, 7) is -0.387. The molecule has 1 amide bonds. The first-order valence-corrected chi connectivity index (χ1v) is 9.22. The van der Waals surface area contributed by atoms with Crippen molar-refractivity contribution in [3.05, 3.63) is 40.3 Å². The number of hydrogen-bond donors (Lipinski definition) is 0. The van der Waals surface area contributed by atoms with E-state index < -0.39 is 30.0 Å². The largest absolute Gasteiger partial charge is 0.495 e. The van der Waals surface area contributed by atoms with Gasteiger partial charge in [0.25, 0.3) is 0 Å². The number of fused-ring (bicyclic) bond motifs is 1. The van der Waals surface area contributed by atoms with Gasteiger partial charge in [-0.3, -0.25) is 14.3 Å². The summed E-state index contributed by atoms with van der Waals surface area (Å²) in [4.78, 5) is 31.1. The number of amides is 1. The average molecular weight is 393 g/mol. The number of methoxy groups -OCH3 is 1. The second kappa shape index (κ2) is 7.33. The Balaban J connectivity index is 1.59. The van der Waals surface area contributed by atoms with Gasteiger partial charge in [0, 0.05) is 6.42 Å². The third kappa shape index (κ3) is 3.27. The quantitative estimate of drug-likeness (QED) is 0.771. The number of carbonyl (C=O) groups excluding carboxylic acids is 1. The fraction of sp³-hybridized carbons (Fsp3) is 0.556. The molecule has 28 heavy (non-hydrogen) atoms. The van der Waals surface area contributed by atoms with Crippen LogP contribution in [0.25, 0.3) is 0 Å². The summed E-state index contributed by atoms with van der Waals surface area (Å²) in [5.74, 6) is 0.692. The number of alkyl halides is 2. The number of carbonyl (C=O) groups is 1. The molecule has 0 radical (unpaired) electrons. The smallest absolute Gasteiger partial charge is 0.347 e. The van der Waals surface area contributed by atoms with Gasteiger partial charge in [0.2, 0.25) is 5.91 Å². The van der Waals surface area contributed by atoms with Crippen molar-refractivity contribution in [2.24, 2.45) is 0 Å². The molecule has 0 N–H and O–H groups in total. The topological polar surface area (TPSA) is 82.2 Å². The minimum Gasteiger partial charge on any atom is -0.495 e. The third-order valence-electron chi connectivity index (χ3n) is 5.25. The molecule has 0 unspecified atom stereocenters. The fourth-order valence-electron chi connectivity index (χ4n) is 3.76. The van der Waals surface area contributed by atoms with E-state index in [1.807, 2.05) is 0 Å². The Morgan fingerprint density at radius 3 is 2.68 bits per heavy atom. The lowest BCUT2D eigenvalue weighted by Crippen LogP contribution is -2.42. The van der Waals surface area contributed by atoms with E-state index >= 15 is 0 Å². The van der Waals surface area contributed by atoms with Gasteiger partial charge in [-0.1, -0.05) is 0 Å². The maximum atomic E-state index is 13.5. The van der Waals surface area contributed by atoms with Crippen LogP contribution in [-0.2, 0) is 17.8 Å². The molecule has 1 fully saturated rings. The first-order chi connectivity index (χ1) is 13.5. The summed E-state index contributed by atoms with van der Waals surface area (Å²) in [5, 5.41) is 4.35. The number of halogens is 2. The van der Waals surface area contributed by atoms with E-state index in [0.717, 1.165) is 0 Å². The number of pyridine rings is 1. The molecule has 0 bridgehead atoms. The lowest BCUT2D eigenvalue weighted by Gasteiger charge is -2.26. The van der Waals surface area contributed by atoms with Crippen molar-refractivity contribution >= 4 is 5.91 Å². The van der Waals surface area contributed by atoms with Crippen LogP contribution in [0, 0.1) is 0 Å². The Morgan fingerprint density at radius 1 is 1.29 bits per heavy atom. The van der Waals surface area contributed by atoms with Crippen LogP contribution in [-0.4, -0.2) is 62.7 Å². The average Bonchev–Trinajstić information content (AvgIpc) is 3.21. The van der Waals surface area contributed by atoms with Crippen LogP contribution in [0.1, 0.15) is 30.4 Å². The Hall–Kier alpha value is -2.78. The van der Waals surface area contributed by atoms with Crippen LogP contribution in [0.4, 0.5) is 8.78 Å². The third-order valence-corrected chi connectivity index (χ3v) is 5.25. The Morgan fingerprint density at radius 2 is 2.04 bits per heavy atom. The van der Waals surface area contributed by atoms with Crippen LogP contribution in [0.5, 0.6) is 5.75 Å². The minimum atomic E-state index is -1.67. The second-order valence-corrected chi connectivity index (χ2v) is 7.10. The summed E-state index contributed by atoms with van der Waals surface area (Å²) < 4.78 is 34.7. The van der Waals surface area contributed by atoms with Crippen molar-refractivity contribution in [1.82, 2.24) is 24.2 Å². The Labute approximate surface area is 159 Å². The maximum absolute atomic E-state index is 13.5. The molecule has 150 valence electrons. The minimum absolute atomic E-state index is 0.159. The normalized spacial score (nSPS) is 24.2. The van der Waals surface area contributed by atoms with Crippen molar-refractivity contribution < 1.29 is 18.3 Å². The number of aromatic nitrogens is 4. The highest BCUT2D eigenvalue weighted by atomic mass is 19.2. The van der Waals surface area contributed by atoms with E-state index in [0.29, 0.717) is 36.5 Å². The molecule has 2 aliphatic heterocycles. The Bertz CT molecular complexity index is 916. The zero-order chi connectivity index (χ0) is 19.8. The van der Waals surface area contributed by atoms with E-state index in [-0.39, 0.29) is 19.6 Å². The van der Waals surface area contributed by atoms with Gasteiger partial charge >= 0.3 is 5.69 Å². The van der Waals surface area contributed by atoms with Crippen molar-refractivity contribution in [3.8, 4) is 5.75 Å². The van der Waals surface area contributed by atoms with E-state index in [9.17, 15) is 18.4 Å². The molecule has 0 aliphatic carbocycles. The number of likely N-dealkylation sites (tertiary alicyclic amines) is 1. The van der Waals surface area contributed by atoms with Gasteiger partial charge in [-0.25, -0.2) is 18.3 Å². The molecule has 4 rings (SSSR count). The van der Waals surface area contributed by atoms with Gasteiger partial charge in [0.1, 0.15) is 17.6 Å². The van der Waals surface area contributed by atoms with Gasteiger partial charge in [0.05, 0.1) is 38.6 Å². The van der Waals surface area contributed by atoms with Crippen LogP contribution in [0.2, 0.25) is 0 Å². The molecule has 8 nitrogen and oxygen atoms in total. The highest BCUT2D eigenvalue weighted by Crippen LogP contribution is 2.27. The molecule has 3 atom stereocenters. The molecule has 0 saturated carbocycles. The first-order valence-electron chi connectivity index (χ1n) is 9.22. The summed E-state index contributed by atoms with van der Waals surface area (Å²) in [6, 6.07) is 2.70. The molecule has 0 spiro atoms. The first kappa shape index (κ1) is 18.6. The SMILES string of the molecule is COc1ccc(Cn2nc3n(c2=O)[C@H](C(=O)N2C[C@@H](F)[C@@H](F)C2)CCC3)nc1. The number of aryl methyl sites for hydroxylation is 1. The second-order valence-electron chi connectivity index (χ2n) is 7.10. The number of nitrogens with zero attached hydrogens (tertiary/aromatic N) is 5. The predicted molar refractivity (Wildman–Crippen MR) is 94.7 cm³/mol. The van der Waals surface area contributed by atoms with Crippen LogP contribution >= 0.6 is 0 Å². The van der Waals surface area contributed by atoms with Gasteiger partial charge in [0.15, 0.2) is 12.3 Å². The lowest BCUT2D eigenvalue weighted by atomic mass is 10.0. The van der Waals surface area contributed by atoms with Gasteiger partial charge in [-0.05, 0) is 25.0 Å². The Kier molecular flexibility index (Phi) is 4.86. The van der Waals surface area contributed by atoms with Crippen LogP contribution < -0.4 is 10.4 Å². The molecule has 0 aromatic carbocycles. The lowest BCUT2D eigenvalue weighted by molar-refractivity contribution is -0.134. The molecule has 10 heteroatoms. The van der Waals surface area contributed by atoms with E-state index in [4.69, 9.17) is 4.74 Å². The molecular formula is C18H21F2N5O3. The van der Waals surface area contributed by atoms with Crippen molar-refractivity contribution in [2.45, 2.75) is 44.2 Å². The number of hydrogen-bond acceptors (Lipinski definition) is 5. The van der Waals surface area contributed by atoms with Gasteiger partial charge < -0.3 is 9.64 Å². The molecule has 2 aromatic rings. The van der Waals surface area contributed by atoms with Crippen LogP contribution in [0.3, 0.4) is 0 Å². The predicted octanol–water partition coefficient (Wildman–Crippen LogP) is 0.892. The summed E-state index contributed by atoms with van der Waals surface area (Å²) >= 11 is 0. The number of rotatable bonds is 4. The van der Waals surface area contributed by atoms with Crippen molar-refractivity contribution in [2.75, 3.05) is 20.2 Å². The molecule has 4 heterocycles. The van der Waals surface area contributed by atoms with Gasteiger partial charge in [-0.15, -0.1) is 0 Å². The summed E-state index contributed by atoms with van der Waals surface area (Å²) in [6.07, 6.45) is -0.0984. The summed E-state index contributed by atoms with van der Waals surface area (Å²) in [7, 11) is 1.54. The van der Waals surface area contributed by atoms with E-state index in [2.05, 4.69) is 10.1 Å². The zero-order valence-electron chi connectivity index (χ0n) is 15.4. The zero-order valence-corrected chi connectivity index (χ0v) is 15.4. The van der Waals surface area contributed by atoms with E-state index in [1.165, 1.54) is 14.1 Å². The van der Waals surface area contributed by atoms with Crippen molar-refractivity contribution in [1.29, 1.82) is 0 Å². The standard InChI is InChI=1S/C18H21F2N5O3/c1-28-12-6-5-11(21-7-12)8-24-18(27)25-15(3-2-4-16(25)22-24)17(26)23-9-13(19)14(20)10-23/h5-7,13-15H,2-4,8-10H2,1H3/t13-,14+,15-/m0/s1. The van der Waals surface area contributed by atoms with Crippen molar-refractivity contribution in [3.63, 3.8) is 0 Å². The van der Waals surface area contributed by atoms with Gasteiger partial charge in [-0.2, -0.15) is 5.10 Å². The van der Waals surface area contributed by atoms with E-state index in [1.54, 1.807) is 25.4 Å².